The minimum atomic E-state index is -4.45. The summed E-state index contributed by atoms with van der Waals surface area (Å²) in [5, 5.41) is 9.67. The van der Waals surface area contributed by atoms with E-state index in [0.717, 1.165) is 23.5 Å². The van der Waals surface area contributed by atoms with E-state index in [1.165, 1.54) is 42.6 Å². The number of hydrogen-bond donors (Lipinski definition) is 7. The second-order valence-corrected chi connectivity index (χ2v) is 11.9. The lowest BCUT2D eigenvalue weighted by atomic mass is 10.0. The number of nitrogens with two attached hydrogens (primary N) is 4. The first-order valence-electron chi connectivity index (χ1n) is 15.5. The number of benzene rings is 2. The summed E-state index contributed by atoms with van der Waals surface area (Å²) < 4.78 is 44.1. The summed E-state index contributed by atoms with van der Waals surface area (Å²) in [4.78, 5) is 60.1. The maximum atomic E-state index is 13.5. The van der Waals surface area contributed by atoms with E-state index in [9.17, 15) is 32.3 Å². The maximum Gasteiger partial charge on any atom is 0.416 e. The number of nitrogens with one attached hydrogen (secondary N) is 3. The third kappa shape index (κ3) is 12.7. The van der Waals surface area contributed by atoms with Crippen molar-refractivity contribution in [3.63, 3.8) is 0 Å². The van der Waals surface area contributed by atoms with Gasteiger partial charge in [0.25, 0.3) is 5.91 Å². The highest BCUT2D eigenvalue weighted by Crippen LogP contribution is 2.29. The Labute approximate surface area is 290 Å². The molecule has 2 aromatic carbocycles. The van der Waals surface area contributed by atoms with Gasteiger partial charge in [-0.2, -0.15) is 13.2 Å². The van der Waals surface area contributed by atoms with E-state index in [4.69, 9.17) is 27.7 Å². The first-order valence-corrected chi connectivity index (χ1v) is 16.4. The largest absolute Gasteiger partial charge is 0.489 e. The van der Waals surface area contributed by atoms with Gasteiger partial charge in [0.05, 0.1) is 5.56 Å². The summed E-state index contributed by atoms with van der Waals surface area (Å²) in [5.41, 5.74) is 22.1. The maximum absolute atomic E-state index is 13.5. The van der Waals surface area contributed by atoms with Crippen molar-refractivity contribution in [2.45, 2.75) is 63.0 Å². The van der Waals surface area contributed by atoms with Crippen molar-refractivity contribution in [1.29, 1.82) is 0 Å². The zero-order chi connectivity index (χ0) is 36.7. The van der Waals surface area contributed by atoms with Crippen LogP contribution in [0.2, 0.25) is 0 Å². The van der Waals surface area contributed by atoms with Crippen molar-refractivity contribution in [2.24, 2.45) is 27.9 Å². The molecule has 1 heterocycles. The van der Waals surface area contributed by atoms with Crippen molar-refractivity contribution in [1.82, 2.24) is 20.9 Å². The van der Waals surface area contributed by atoms with Crippen molar-refractivity contribution in [3.05, 3.63) is 81.8 Å². The smallest absolute Gasteiger partial charge is 0.416 e. The van der Waals surface area contributed by atoms with Crippen molar-refractivity contribution in [3.8, 4) is 5.75 Å². The number of aromatic nitrogens is 1. The minimum absolute atomic E-state index is 0.0166. The van der Waals surface area contributed by atoms with Gasteiger partial charge in [-0.25, -0.2) is 4.98 Å². The van der Waals surface area contributed by atoms with Crippen LogP contribution in [0.3, 0.4) is 0 Å². The van der Waals surface area contributed by atoms with Gasteiger partial charge in [-0.05, 0) is 74.0 Å². The van der Waals surface area contributed by atoms with Gasteiger partial charge < -0.3 is 43.6 Å². The van der Waals surface area contributed by atoms with Crippen LogP contribution in [0, 0.1) is 0 Å². The number of rotatable bonds is 19. The topological polar surface area (TPSA) is 243 Å². The first-order chi connectivity index (χ1) is 23.8. The third-order valence-electron chi connectivity index (χ3n) is 7.24. The van der Waals surface area contributed by atoms with Gasteiger partial charge >= 0.3 is 6.18 Å². The molecule has 11 N–H and O–H groups in total. The zero-order valence-electron chi connectivity index (χ0n) is 26.9. The van der Waals surface area contributed by atoms with Crippen LogP contribution in [-0.2, 0) is 27.2 Å². The molecule has 270 valence electrons. The predicted octanol–water partition coefficient (Wildman–Crippen LogP) is 1.85. The predicted molar refractivity (Wildman–Crippen MR) is 180 cm³/mol. The number of thiazole rings is 1. The summed E-state index contributed by atoms with van der Waals surface area (Å²) in [6.45, 7) is 0.521. The summed E-state index contributed by atoms with van der Waals surface area (Å²) in [7, 11) is 0. The van der Waals surface area contributed by atoms with Crippen LogP contribution in [0.1, 0.15) is 64.6 Å². The Hall–Kier alpha value is -5.23. The Morgan fingerprint density at radius 2 is 1.50 bits per heavy atom. The van der Waals surface area contributed by atoms with Crippen LogP contribution in [0.5, 0.6) is 5.75 Å². The fraction of sp³-hybridized carbons (Fsp3) is 0.375. The number of amides is 4. The molecule has 18 heteroatoms. The number of alkyl halides is 3. The molecule has 3 aromatic rings. The Morgan fingerprint density at radius 1 is 0.860 bits per heavy atom. The third-order valence-corrected chi connectivity index (χ3v) is 8.02. The molecular formula is C32H40F3N9O5S. The van der Waals surface area contributed by atoms with E-state index in [2.05, 4.69) is 25.9 Å². The van der Waals surface area contributed by atoms with E-state index in [1.807, 2.05) is 0 Å². The van der Waals surface area contributed by atoms with Gasteiger partial charge in [0.1, 0.15) is 30.5 Å². The summed E-state index contributed by atoms with van der Waals surface area (Å²) in [6.07, 6.45) is -1.37. The number of hydrogen-bond acceptors (Lipinski definition) is 9. The molecule has 3 atom stereocenters. The second-order valence-electron chi connectivity index (χ2n) is 11.1. The summed E-state index contributed by atoms with van der Waals surface area (Å²) in [6, 6.07) is 7.07. The van der Waals surface area contributed by atoms with Gasteiger partial charge in [-0.1, -0.05) is 24.3 Å². The van der Waals surface area contributed by atoms with Crippen LogP contribution in [0.15, 0.2) is 65.1 Å². The lowest BCUT2D eigenvalue weighted by molar-refractivity contribution is -0.137. The first kappa shape index (κ1) is 39.2. The van der Waals surface area contributed by atoms with E-state index >= 15 is 0 Å². The van der Waals surface area contributed by atoms with Gasteiger partial charge in [-0.15, -0.1) is 11.3 Å². The number of carbonyl (C=O) groups is 4. The number of aliphatic imine (C=N–C) groups is 1. The molecule has 4 amide bonds. The molecule has 0 aliphatic rings. The van der Waals surface area contributed by atoms with Crippen LogP contribution in [-0.4, -0.2) is 59.7 Å². The summed E-state index contributed by atoms with van der Waals surface area (Å²) in [5.74, 6) is -2.59. The number of primary amides is 1. The molecule has 0 radical (unpaired) electrons. The Balaban J connectivity index is 1.70. The molecule has 3 rings (SSSR count). The summed E-state index contributed by atoms with van der Waals surface area (Å²) >= 11 is 1.09. The van der Waals surface area contributed by atoms with Crippen LogP contribution < -0.4 is 43.6 Å². The number of ether oxygens (including phenoxy) is 1. The highest BCUT2D eigenvalue weighted by Gasteiger charge is 2.31. The number of carbonyl (C=O) groups excluding carboxylic acids is 4. The quantitative estimate of drug-likeness (QED) is 0.0542. The molecule has 14 nitrogen and oxygen atoms in total. The lowest BCUT2D eigenvalue weighted by Crippen LogP contribution is -2.54. The fourth-order valence-corrected chi connectivity index (χ4v) is 5.17. The molecule has 0 saturated carbocycles. The lowest BCUT2D eigenvalue weighted by Gasteiger charge is -2.25. The monoisotopic (exact) mass is 719 g/mol. The zero-order valence-corrected chi connectivity index (χ0v) is 27.8. The molecule has 0 spiro atoms. The molecule has 50 heavy (non-hydrogen) atoms. The Morgan fingerprint density at radius 3 is 2.08 bits per heavy atom. The van der Waals surface area contributed by atoms with Crippen LogP contribution >= 0.6 is 11.3 Å². The minimum Gasteiger partial charge on any atom is -0.489 e. The van der Waals surface area contributed by atoms with Crippen LogP contribution in [0.4, 0.5) is 13.2 Å². The Kier molecular flexibility index (Phi) is 15.0. The number of nitrogens with zero attached hydrogens (tertiary/aromatic N) is 2. The molecule has 0 aliphatic carbocycles. The number of halogens is 3. The van der Waals surface area contributed by atoms with Gasteiger partial charge in [0, 0.05) is 18.1 Å². The molecule has 1 aromatic heterocycles. The Bertz CT molecular complexity index is 1580. The molecular weight excluding hydrogens is 679 g/mol. The normalized spacial score (nSPS) is 13.0. The van der Waals surface area contributed by atoms with E-state index < -0.39 is 53.5 Å². The average molecular weight is 720 g/mol. The highest BCUT2D eigenvalue weighted by atomic mass is 32.1. The number of unbranched alkanes of at least 4 members (excludes halogenated alkanes) is 1. The number of guanidine groups is 1. The van der Waals surface area contributed by atoms with Crippen LogP contribution in [0.25, 0.3) is 0 Å². The molecule has 0 unspecified atom stereocenters. The van der Waals surface area contributed by atoms with Gasteiger partial charge in [0.2, 0.25) is 17.7 Å². The fourth-order valence-electron chi connectivity index (χ4n) is 4.64. The van der Waals surface area contributed by atoms with E-state index in [0.29, 0.717) is 42.7 Å². The SMILES string of the molecule is NCCCC[C@H](NC(=O)[C@H](CCCN=C(N)N)NC(=O)c1nccs1)C(=O)N[C@H](C(N)=O)c1ccc(OCc2ccc(C(F)(F)F)cc2)cc1. The van der Waals surface area contributed by atoms with Crippen molar-refractivity contribution < 1.29 is 37.1 Å². The van der Waals surface area contributed by atoms with Gasteiger partial charge in [0.15, 0.2) is 11.0 Å². The second kappa shape index (κ2) is 19.1. The van der Waals surface area contributed by atoms with Crippen molar-refractivity contribution in [2.75, 3.05) is 13.1 Å². The average Bonchev–Trinajstić information content (AvgIpc) is 3.62. The van der Waals surface area contributed by atoms with E-state index in [-0.39, 0.29) is 37.0 Å². The standard InChI is InChI=1S/C32H40F3N9O5S/c33-32(34,35)21-10-6-19(7-11-21)18-49-22-12-8-20(9-13-22)25(26(37)45)44-28(47)23(4-1-2-14-36)42-27(46)24(5-3-15-41-31(38)39)43-29(48)30-40-16-17-50-30/h6-13,16-17,23-25H,1-5,14-15,18,36H2,(H2,37,45)(H,42,46)(H,43,48)(H,44,47)(H4,38,39,41)/t23-,24-,25-/m0/s1. The molecule has 0 saturated heterocycles. The molecule has 0 fully saturated rings. The molecule has 0 bridgehead atoms. The highest BCUT2D eigenvalue weighted by molar-refractivity contribution is 7.11. The van der Waals surface area contributed by atoms with Gasteiger partial charge in [-0.3, -0.25) is 24.2 Å². The van der Waals surface area contributed by atoms with E-state index in [1.54, 1.807) is 5.38 Å². The molecule has 0 aliphatic heterocycles. The van der Waals surface area contributed by atoms with Crippen molar-refractivity contribution >= 4 is 40.9 Å².